The van der Waals surface area contributed by atoms with E-state index in [0.717, 1.165) is 10.9 Å². The summed E-state index contributed by atoms with van der Waals surface area (Å²) in [6, 6.07) is 0.00339. The molecule has 0 amide bonds. The number of hydrogen-bond donors (Lipinski definition) is 2. The van der Waals surface area contributed by atoms with Crippen LogP contribution in [0.5, 0.6) is 0 Å². The fourth-order valence-electron chi connectivity index (χ4n) is 2.06. The Morgan fingerprint density at radius 3 is 2.00 bits per heavy atom. The van der Waals surface area contributed by atoms with Crippen LogP contribution in [-0.4, -0.2) is 55.4 Å². The van der Waals surface area contributed by atoms with E-state index >= 15 is 0 Å². The Labute approximate surface area is 99.9 Å². The average Bonchev–Trinajstić information content (AvgIpc) is 1.93. The summed E-state index contributed by atoms with van der Waals surface area (Å²) in [5, 5.41) is 0. The third-order valence-electron chi connectivity index (χ3n) is 2.75. The highest BCUT2D eigenvalue weighted by molar-refractivity contribution is 7.57. The minimum absolute atomic E-state index is 0.208. The van der Waals surface area contributed by atoms with Crippen molar-refractivity contribution in [2.24, 2.45) is 11.7 Å². The lowest BCUT2D eigenvalue weighted by molar-refractivity contribution is -0.897. The molecule has 0 aromatic rings. The molecule has 0 spiro atoms. The highest BCUT2D eigenvalue weighted by Crippen LogP contribution is 2.37. The first-order valence-corrected chi connectivity index (χ1v) is 8.08. The van der Waals surface area contributed by atoms with Crippen molar-refractivity contribution in [1.82, 2.24) is 0 Å². The summed E-state index contributed by atoms with van der Waals surface area (Å²) < 4.78 is 12.1. The maximum Gasteiger partial charge on any atom is 0.199 e. The van der Waals surface area contributed by atoms with E-state index in [4.69, 9.17) is 5.73 Å². The van der Waals surface area contributed by atoms with Crippen molar-refractivity contribution in [3.05, 3.63) is 0 Å². The minimum Gasteiger partial charge on any atom is -0.344 e. The smallest absolute Gasteiger partial charge is 0.199 e. The summed E-state index contributed by atoms with van der Waals surface area (Å²) >= 11 is 0. The second kappa shape index (κ2) is 5.63. The highest BCUT2D eigenvalue weighted by atomic mass is 31.2. The number of likely N-dealkylation sites (N-methyl/N-ethyl adjacent to an activating group) is 1. The van der Waals surface area contributed by atoms with Crippen molar-refractivity contribution in [2.45, 2.75) is 32.4 Å². The second-order valence-electron chi connectivity index (χ2n) is 6.21. The molecule has 0 heterocycles. The van der Waals surface area contributed by atoms with Crippen LogP contribution in [0.15, 0.2) is 0 Å². The van der Waals surface area contributed by atoms with Crippen molar-refractivity contribution >= 4 is 7.37 Å². The number of quaternary nitrogens is 1. The molecule has 98 valence electrons. The molecular weight excluding hydrogens is 223 g/mol. The standard InChI is InChI=1S/C11H27N2O2P/c1-9(2)7-11(13(3,4)5)10(12)8-16(6,14)15/h9-11H,7-8,12H2,1-6H3/p+1/t10-,11+/m0/s1. The highest BCUT2D eigenvalue weighted by Gasteiger charge is 2.33. The van der Waals surface area contributed by atoms with Gasteiger partial charge in [-0.2, -0.15) is 0 Å². The van der Waals surface area contributed by atoms with Crippen LogP contribution in [0, 0.1) is 5.92 Å². The van der Waals surface area contributed by atoms with Crippen LogP contribution in [-0.2, 0) is 4.57 Å². The zero-order valence-electron chi connectivity index (χ0n) is 11.5. The molecule has 3 N–H and O–H groups in total. The Morgan fingerprint density at radius 1 is 1.31 bits per heavy atom. The Bertz CT molecular complexity index is 255. The summed E-state index contributed by atoms with van der Waals surface area (Å²) in [5.41, 5.74) is 6.09. The molecule has 0 aromatic heterocycles. The Kier molecular flexibility index (Phi) is 5.67. The molecule has 3 atom stereocenters. The molecule has 0 aliphatic heterocycles. The fraction of sp³-hybridized carbons (Fsp3) is 1.00. The van der Waals surface area contributed by atoms with Gasteiger partial charge in [0.05, 0.1) is 27.2 Å². The van der Waals surface area contributed by atoms with Gasteiger partial charge >= 0.3 is 0 Å². The molecule has 0 aromatic carbocycles. The molecule has 0 aliphatic carbocycles. The third kappa shape index (κ3) is 6.64. The van der Waals surface area contributed by atoms with E-state index < -0.39 is 7.37 Å². The van der Waals surface area contributed by atoms with E-state index in [1.54, 1.807) is 0 Å². The summed E-state index contributed by atoms with van der Waals surface area (Å²) in [7, 11) is 3.24. The summed E-state index contributed by atoms with van der Waals surface area (Å²) in [6.45, 7) is 5.69. The second-order valence-corrected chi connectivity index (χ2v) is 8.68. The van der Waals surface area contributed by atoms with E-state index in [1.165, 1.54) is 6.66 Å². The normalized spacial score (nSPS) is 20.6. The number of nitrogens with zero attached hydrogens (tertiary/aromatic N) is 1. The van der Waals surface area contributed by atoms with Crippen LogP contribution in [0.1, 0.15) is 20.3 Å². The van der Waals surface area contributed by atoms with Gasteiger partial charge in [0.15, 0.2) is 7.37 Å². The average molecular weight is 251 g/mol. The molecule has 0 fully saturated rings. The molecule has 1 unspecified atom stereocenters. The van der Waals surface area contributed by atoms with Gasteiger partial charge in [-0.3, -0.25) is 4.57 Å². The van der Waals surface area contributed by atoms with Crippen LogP contribution < -0.4 is 5.73 Å². The predicted octanol–water partition coefficient (Wildman–Crippen LogP) is 1.33. The molecule has 0 aliphatic rings. The van der Waals surface area contributed by atoms with Crippen molar-refractivity contribution in [1.29, 1.82) is 0 Å². The quantitative estimate of drug-likeness (QED) is 0.553. The van der Waals surface area contributed by atoms with Gasteiger partial charge in [0, 0.05) is 19.2 Å². The van der Waals surface area contributed by atoms with Crippen molar-refractivity contribution in [3.8, 4) is 0 Å². The predicted molar refractivity (Wildman–Crippen MR) is 69.9 cm³/mol. The van der Waals surface area contributed by atoms with Crippen LogP contribution in [0.25, 0.3) is 0 Å². The molecule has 5 heteroatoms. The van der Waals surface area contributed by atoms with Crippen molar-refractivity contribution in [3.63, 3.8) is 0 Å². The lowest BCUT2D eigenvalue weighted by atomic mass is 9.96. The first kappa shape index (κ1) is 16.1. The van der Waals surface area contributed by atoms with Crippen molar-refractivity contribution < 1.29 is 13.9 Å². The van der Waals surface area contributed by atoms with Gasteiger partial charge < -0.3 is 15.1 Å². The van der Waals surface area contributed by atoms with Crippen LogP contribution >= 0.6 is 7.37 Å². The van der Waals surface area contributed by atoms with E-state index in [1.807, 2.05) is 0 Å². The van der Waals surface area contributed by atoms with E-state index in [0.29, 0.717) is 5.92 Å². The van der Waals surface area contributed by atoms with E-state index in [-0.39, 0.29) is 18.2 Å². The topological polar surface area (TPSA) is 63.3 Å². The van der Waals surface area contributed by atoms with Gasteiger partial charge in [-0.15, -0.1) is 0 Å². The summed E-state index contributed by atoms with van der Waals surface area (Å²) in [5.74, 6) is 0.545. The van der Waals surface area contributed by atoms with Gasteiger partial charge in [-0.25, -0.2) is 0 Å². The van der Waals surface area contributed by atoms with Gasteiger partial charge in [0.1, 0.15) is 6.04 Å². The maximum atomic E-state index is 11.4. The molecule has 16 heavy (non-hydrogen) atoms. The maximum absolute atomic E-state index is 11.4. The van der Waals surface area contributed by atoms with Crippen LogP contribution in [0.2, 0.25) is 0 Å². The molecule has 0 rings (SSSR count). The molecule has 0 radical (unpaired) electrons. The van der Waals surface area contributed by atoms with Crippen LogP contribution in [0.4, 0.5) is 0 Å². The Balaban J connectivity index is 4.70. The molecule has 0 saturated heterocycles. The Morgan fingerprint density at radius 2 is 1.75 bits per heavy atom. The molecular formula is C11H28N2O2P+. The number of hydrogen-bond acceptors (Lipinski definition) is 2. The zero-order chi connectivity index (χ0) is 13.1. The molecule has 0 bridgehead atoms. The van der Waals surface area contributed by atoms with Crippen molar-refractivity contribution in [2.75, 3.05) is 34.0 Å². The number of nitrogens with two attached hydrogens (primary N) is 1. The molecule has 0 saturated carbocycles. The SMILES string of the molecule is CC(C)C[C@H]([C@@H](N)CP(C)(=O)O)[N+](C)(C)C. The van der Waals surface area contributed by atoms with Gasteiger partial charge in [0.2, 0.25) is 0 Å². The minimum atomic E-state index is -3.02. The van der Waals surface area contributed by atoms with E-state index in [9.17, 15) is 9.46 Å². The first-order valence-electron chi connectivity index (χ1n) is 5.79. The first-order chi connectivity index (χ1) is 6.93. The summed E-state index contributed by atoms with van der Waals surface area (Å²) in [4.78, 5) is 9.41. The van der Waals surface area contributed by atoms with Gasteiger partial charge in [-0.1, -0.05) is 13.8 Å². The lowest BCUT2D eigenvalue weighted by Gasteiger charge is -2.39. The Hall–Kier alpha value is 0.110. The monoisotopic (exact) mass is 251 g/mol. The van der Waals surface area contributed by atoms with Gasteiger partial charge in [0.25, 0.3) is 0 Å². The lowest BCUT2D eigenvalue weighted by Crippen LogP contribution is -2.56. The third-order valence-corrected chi connectivity index (χ3v) is 3.85. The van der Waals surface area contributed by atoms with Gasteiger partial charge in [-0.05, 0) is 5.92 Å². The van der Waals surface area contributed by atoms with Crippen LogP contribution in [0.3, 0.4) is 0 Å². The zero-order valence-corrected chi connectivity index (χ0v) is 12.4. The fourth-order valence-corrected chi connectivity index (χ4v) is 3.09. The number of rotatable bonds is 6. The van der Waals surface area contributed by atoms with E-state index in [2.05, 4.69) is 35.0 Å². The summed E-state index contributed by atoms with van der Waals surface area (Å²) in [6.07, 6.45) is 1.19. The largest absolute Gasteiger partial charge is 0.344 e. The molecule has 4 nitrogen and oxygen atoms in total.